The van der Waals surface area contributed by atoms with E-state index < -0.39 is 0 Å². The topological polar surface area (TPSA) is 73.9 Å². The van der Waals surface area contributed by atoms with E-state index in [0.717, 1.165) is 5.76 Å². The maximum absolute atomic E-state index is 12.4. The lowest BCUT2D eigenvalue weighted by molar-refractivity contribution is 0.0694. The van der Waals surface area contributed by atoms with Crippen LogP contribution in [0.4, 0.5) is 0 Å². The summed E-state index contributed by atoms with van der Waals surface area (Å²) in [5.74, 6) is 0.920. The number of hydrogen-bond acceptors (Lipinski definition) is 4. The van der Waals surface area contributed by atoms with Crippen LogP contribution in [0.5, 0.6) is 5.75 Å². The number of amides is 1. The van der Waals surface area contributed by atoms with Crippen LogP contribution >= 0.6 is 11.6 Å². The van der Waals surface area contributed by atoms with Gasteiger partial charge in [0.1, 0.15) is 17.3 Å². The Morgan fingerprint density at radius 3 is 2.67 bits per heavy atom. The van der Waals surface area contributed by atoms with Gasteiger partial charge in [0.2, 0.25) is 0 Å². The number of aromatic hydroxyl groups is 1. The molecule has 0 saturated heterocycles. The summed E-state index contributed by atoms with van der Waals surface area (Å²) in [5, 5.41) is 18.9. The van der Waals surface area contributed by atoms with Crippen molar-refractivity contribution in [1.82, 2.24) is 4.90 Å². The first-order valence-electron chi connectivity index (χ1n) is 6.45. The summed E-state index contributed by atoms with van der Waals surface area (Å²) >= 11 is 5.73. The van der Waals surface area contributed by atoms with Gasteiger partial charge in [0.15, 0.2) is 0 Å². The van der Waals surface area contributed by atoms with Crippen molar-refractivity contribution in [2.24, 2.45) is 0 Å². The summed E-state index contributed by atoms with van der Waals surface area (Å²) in [6, 6.07) is 7.89. The Bertz CT molecular complexity index is 638. The first-order valence-corrected chi connectivity index (χ1v) is 6.83. The molecule has 21 heavy (non-hydrogen) atoms. The van der Waals surface area contributed by atoms with E-state index in [9.17, 15) is 9.90 Å². The summed E-state index contributed by atoms with van der Waals surface area (Å²) in [6.45, 7) is 2.07. The fraction of sp³-hybridized carbons (Fsp3) is 0.267. The number of hydrogen-bond donors (Lipinski definition) is 2. The molecule has 0 aliphatic heterocycles. The maximum atomic E-state index is 12.4. The van der Waals surface area contributed by atoms with Crippen LogP contribution in [-0.2, 0) is 6.54 Å². The Kier molecular flexibility index (Phi) is 4.88. The fourth-order valence-electron chi connectivity index (χ4n) is 1.96. The van der Waals surface area contributed by atoms with Crippen molar-refractivity contribution in [3.63, 3.8) is 0 Å². The molecule has 1 aromatic heterocycles. The molecule has 1 amide bonds. The van der Waals surface area contributed by atoms with E-state index in [1.54, 1.807) is 6.07 Å². The van der Waals surface area contributed by atoms with Gasteiger partial charge in [0.05, 0.1) is 18.2 Å². The van der Waals surface area contributed by atoms with Crippen molar-refractivity contribution in [3.8, 4) is 5.75 Å². The van der Waals surface area contributed by atoms with Crippen molar-refractivity contribution < 1.29 is 19.4 Å². The van der Waals surface area contributed by atoms with E-state index in [1.807, 2.05) is 13.0 Å². The van der Waals surface area contributed by atoms with Crippen LogP contribution in [0, 0.1) is 6.92 Å². The average molecular weight is 310 g/mol. The Morgan fingerprint density at radius 1 is 1.33 bits per heavy atom. The van der Waals surface area contributed by atoms with Crippen LogP contribution in [-0.4, -0.2) is 34.2 Å². The lowest BCUT2D eigenvalue weighted by Gasteiger charge is -2.20. The van der Waals surface area contributed by atoms with Crippen molar-refractivity contribution in [3.05, 3.63) is 52.4 Å². The Labute approximate surface area is 127 Å². The van der Waals surface area contributed by atoms with Crippen molar-refractivity contribution in [1.29, 1.82) is 0 Å². The second kappa shape index (κ2) is 6.65. The summed E-state index contributed by atoms with van der Waals surface area (Å²) in [6.07, 6.45) is 0. The van der Waals surface area contributed by atoms with Gasteiger partial charge in [0.25, 0.3) is 5.91 Å². The van der Waals surface area contributed by atoms with E-state index in [2.05, 4.69) is 0 Å². The molecular formula is C15H16ClNO4. The van der Waals surface area contributed by atoms with E-state index in [0.29, 0.717) is 11.3 Å². The minimum Gasteiger partial charge on any atom is -0.506 e. The molecule has 112 valence electrons. The van der Waals surface area contributed by atoms with Crippen LogP contribution in [0.1, 0.15) is 21.9 Å². The Morgan fingerprint density at radius 2 is 2.10 bits per heavy atom. The number of halogens is 1. The first kappa shape index (κ1) is 15.4. The molecule has 0 atom stereocenters. The van der Waals surface area contributed by atoms with Crippen LogP contribution < -0.4 is 0 Å². The maximum Gasteiger partial charge on any atom is 0.254 e. The third kappa shape index (κ3) is 3.77. The number of aryl methyl sites for hydroxylation is 1. The van der Waals surface area contributed by atoms with Crippen LogP contribution in [0.2, 0.25) is 5.02 Å². The molecule has 2 rings (SSSR count). The highest BCUT2D eigenvalue weighted by Crippen LogP contribution is 2.24. The highest BCUT2D eigenvalue weighted by Gasteiger charge is 2.18. The van der Waals surface area contributed by atoms with Gasteiger partial charge in [-0.1, -0.05) is 11.6 Å². The highest BCUT2D eigenvalue weighted by atomic mass is 35.5. The lowest BCUT2D eigenvalue weighted by Crippen LogP contribution is -2.32. The van der Waals surface area contributed by atoms with Crippen molar-refractivity contribution in [2.75, 3.05) is 13.2 Å². The molecule has 0 saturated carbocycles. The van der Waals surface area contributed by atoms with E-state index in [4.69, 9.17) is 21.1 Å². The van der Waals surface area contributed by atoms with E-state index in [-0.39, 0.29) is 36.4 Å². The van der Waals surface area contributed by atoms with Crippen molar-refractivity contribution >= 4 is 17.5 Å². The van der Waals surface area contributed by atoms with Crippen LogP contribution in [0.25, 0.3) is 0 Å². The number of rotatable bonds is 5. The van der Waals surface area contributed by atoms with Crippen LogP contribution in [0.3, 0.4) is 0 Å². The highest BCUT2D eigenvalue weighted by molar-refractivity contribution is 6.32. The number of aliphatic hydroxyl groups is 1. The van der Waals surface area contributed by atoms with Gasteiger partial charge in [-0.2, -0.15) is 0 Å². The van der Waals surface area contributed by atoms with Gasteiger partial charge < -0.3 is 19.5 Å². The van der Waals surface area contributed by atoms with Crippen molar-refractivity contribution in [2.45, 2.75) is 13.5 Å². The number of carbonyl (C=O) groups is 1. The second-order valence-corrected chi connectivity index (χ2v) is 5.04. The molecule has 6 heteroatoms. The molecule has 1 aromatic carbocycles. The van der Waals surface area contributed by atoms with Crippen LogP contribution in [0.15, 0.2) is 34.7 Å². The lowest BCUT2D eigenvalue weighted by atomic mass is 10.2. The molecule has 0 spiro atoms. The third-order valence-electron chi connectivity index (χ3n) is 2.99. The minimum absolute atomic E-state index is 0.152. The Hall–Kier alpha value is -1.98. The minimum atomic E-state index is -0.315. The first-order chi connectivity index (χ1) is 10.0. The molecule has 5 nitrogen and oxygen atoms in total. The quantitative estimate of drug-likeness (QED) is 0.890. The number of furan rings is 1. The van der Waals surface area contributed by atoms with E-state index >= 15 is 0 Å². The van der Waals surface area contributed by atoms with Gasteiger partial charge in [-0.25, -0.2) is 0 Å². The monoisotopic (exact) mass is 309 g/mol. The summed E-state index contributed by atoms with van der Waals surface area (Å²) in [7, 11) is 0. The zero-order valence-electron chi connectivity index (χ0n) is 11.5. The molecule has 2 aromatic rings. The van der Waals surface area contributed by atoms with Gasteiger partial charge in [-0.15, -0.1) is 0 Å². The van der Waals surface area contributed by atoms with Gasteiger partial charge in [0, 0.05) is 12.1 Å². The number of nitrogens with zero attached hydrogens (tertiary/aromatic N) is 1. The predicted molar refractivity (Wildman–Crippen MR) is 78.4 cm³/mol. The number of benzene rings is 1. The standard InChI is InChI=1S/C15H16ClNO4/c1-10-2-4-12(21-10)9-17(6-7-18)15(20)11-3-5-13(16)14(19)8-11/h2-5,8,18-19H,6-7,9H2,1H3. The zero-order valence-corrected chi connectivity index (χ0v) is 12.3. The largest absolute Gasteiger partial charge is 0.506 e. The average Bonchev–Trinajstić information content (AvgIpc) is 2.86. The summed E-state index contributed by atoms with van der Waals surface area (Å²) < 4.78 is 5.44. The predicted octanol–water partition coefficient (Wildman–Crippen LogP) is 2.58. The molecule has 2 N–H and O–H groups in total. The number of phenolic OH excluding ortho intramolecular Hbond substituents is 1. The molecule has 0 aliphatic carbocycles. The molecule has 0 unspecified atom stereocenters. The number of aliphatic hydroxyl groups excluding tert-OH is 1. The van der Waals surface area contributed by atoms with Gasteiger partial charge >= 0.3 is 0 Å². The normalized spacial score (nSPS) is 10.6. The number of carbonyl (C=O) groups excluding carboxylic acids is 1. The van der Waals surface area contributed by atoms with E-state index in [1.165, 1.54) is 23.1 Å². The molecule has 1 heterocycles. The van der Waals surface area contributed by atoms with Gasteiger partial charge in [-0.3, -0.25) is 4.79 Å². The smallest absolute Gasteiger partial charge is 0.254 e. The SMILES string of the molecule is Cc1ccc(CN(CCO)C(=O)c2ccc(Cl)c(O)c2)o1. The molecular weight excluding hydrogens is 294 g/mol. The Balaban J connectivity index is 2.20. The molecule has 0 fully saturated rings. The second-order valence-electron chi connectivity index (χ2n) is 4.63. The summed E-state index contributed by atoms with van der Waals surface area (Å²) in [4.78, 5) is 13.9. The van der Waals surface area contributed by atoms with Gasteiger partial charge in [-0.05, 0) is 37.3 Å². The molecule has 0 bridgehead atoms. The number of phenols is 1. The molecule has 0 aliphatic rings. The zero-order chi connectivity index (χ0) is 15.4. The fourth-order valence-corrected chi connectivity index (χ4v) is 2.08. The molecule has 0 radical (unpaired) electrons. The third-order valence-corrected chi connectivity index (χ3v) is 3.31. The summed E-state index contributed by atoms with van der Waals surface area (Å²) in [5.41, 5.74) is 0.300.